The maximum atomic E-state index is 15.3. The van der Waals surface area contributed by atoms with Crippen LogP contribution in [0.5, 0.6) is 23.0 Å². The van der Waals surface area contributed by atoms with Crippen LogP contribution in [0.3, 0.4) is 0 Å². The largest absolute Gasteiger partial charge is 0.508 e. The summed E-state index contributed by atoms with van der Waals surface area (Å²) >= 11 is 12.6. The van der Waals surface area contributed by atoms with Gasteiger partial charge in [-0.25, -0.2) is 0 Å². The number of hydrogen-bond donors (Lipinski definition) is 3. The molecule has 3 N–H and O–H groups in total. The van der Waals surface area contributed by atoms with E-state index in [1.54, 1.807) is 36.4 Å². The van der Waals surface area contributed by atoms with Crippen LogP contribution in [0.1, 0.15) is 29.9 Å². The van der Waals surface area contributed by atoms with Crippen molar-refractivity contribution in [3.8, 4) is 23.0 Å². The number of nitrogens with zero attached hydrogens (tertiary/aromatic N) is 1. The molecule has 3 aromatic rings. The topological polar surface area (TPSA) is 144 Å². The fourth-order valence-corrected chi connectivity index (χ4v) is 8.73. The summed E-state index contributed by atoms with van der Waals surface area (Å²) in [7, 11) is 4.39. The second-order valence-corrected chi connectivity index (χ2v) is 13.2. The van der Waals surface area contributed by atoms with E-state index in [0.29, 0.717) is 27.5 Å². The van der Waals surface area contributed by atoms with E-state index < -0.39 is 52.7 Å². The van der Waals surface area contributed by atoms with Crippen molar-refractivity contribution in [3.05, 3.63) is 87.4 Å². The van der Waals surface area contributed by atoms with Crippen molar-refractivity contribution in [2.75, 3.05) is 26.8 Å². The van der Waals surface area contributed by atoms with Crippen LogP contribution in [0.25, 0.3) is 0 Å². The molecule has 2 saturated heterocycles. The smallest absolute Gasteiger partial charge is 0.260 e. The molecule has 0 aromatic heterocycles. The number of anilines is 1. The lowest BCUT2D eigenvalue weighted by molar-refractivity contribution is -0.138. The molecule has 13 heteroatoms. The Labute approximate surface area is 285 Å². The first-order valence-electron chi connectivity index (χ1n) is 15.3. The van der Waals surface area contributed by atoms with Crippen LogP contribution >= 0.6 is 23.2 Å². The SMILES string of the molecule is COc1ccc(C23C(=O)N(Nc4ccc(Cl)cc4Cl)C(=O)C2CC2C(=CCC4C(=O)NC(=O)C42)C3c2c(OC)cc(O)cc2OC)cc1. The minimum Gasteiger partial charge on any atom is -0.508 e. The minimum absolute atomic E-state index is 0.0933. The number of fused-ring (bicyclic) bond motifs is 4. The highest BCUT2D eigenvalue weighted by atomic mass is 35.5. The third kappa shape index (κ3) is 4.55. The number of allylic oxidation sites excluding steroid dienone is 2. The first-order chi connectivity index (χ1) is 23.0. The highest BCUT2D eigenvalue weighted by Gasteiger charge is 2.70. The van der Waals surface area contributed by atoms with Crippen LogP contribution in [-0.2, 0) is 24.6 Å². The Morgan fingerprint density at radius 1 is 0.896 bits per heavy atom. The van der Waals surface area contributed by atoms with Crippen molar-refractivity contribution in [1.82, 2.24) is 10.3 Å². The summed E-state index contributed by atoms with van der Waals surface area (Å²) in [5.41, 5.74) is 3.22. The number of hydrazine groups is 1. The Hall–Kier alpha value is -4.74. The number of aromatic hydroxyl groups is 1. The van der Waals surface area contributed by atoms with Crippen molar-refractivity contribution in [2.45, 2.75) is 24.2 Å². The van der Waals surface area contributed by atoms with Crippen LogP contribution < -0.4 is 25.0 Å². The summed E-state index contributed by atoms with van der Waals surface area (Å²) in [5.74, 6) is -5.01. The molecule has 3 aromatic carbocycles. The quantitative estimate of drug-likeness (QED) is 0.230. The van der Waals surface area contributed by atoms with Crippen molar-refractivity contribution >= 4 is 52.5 Å². The number of benzene rings is 3. The monoisotopic (exact) mass is 691 g/mol. The maximum Gasteiger partial charge on any atom is 0.260 e. The van der Waals surface area contributed by atoms with E-state index in [1.165, 1.54) is 39.5 Å². The molecule has 0 bridgehead atoms. The molecule has 48 heavy (non-hydrogen) atoms. The molecule has 6 unspecified atom stereocenters. The number of ether oxygens (including phenoxy) is 3. The number of carbonyl (C=O) groups is 4. The van der Waals surface area contributed by atoms with Gasteiger partial charge >= 0.3 is 0 Å². The summed E-state index contributed by atoms with van der Waals surface area (Å²) in [4.78, 5) is 56.3. The zero-order chi connectivity index (χ0) is 34.1. The number of rotatable bonds is 7. The van der Waals surface area contributed by atoms with Gasteiger partial charge in [0.1, 0.15) is 23.0 Å². The number of amides is 4. The molecule has 3 fully saturated rings. The molecular weight excluding hydrogens is 661 g/mol. The van der Waals surface area contributed by atoms with Crippen molar-refractivity contribution in [1.29, 1.82) is 0 Å². The van der Waals surface area contributed by atoms with E-state index in [1.807, 2.05) is 6.08 Å². The lowest BCUT2D eigenvalue weighted by Crippen LogP contribution is -2.53. The van der Waals surface area contributed by atoms with Gasteiger partial charge in [-0.1, -0.05) is 47.0 Å². The van der Waals surface area contributed by atoms with Crippen LogP contribution in [-0.4, -0.2) is 55.1 Å². The van der Waals surface area contributed by atoms with Gasteiger partial charge in [0.05, 0.1) is 55.2 Å². The molecule has 248 valence electrons. The second kappa shape index (κ2) is 11.7. The van der Waals surface area contributed by atoms with Gasteiger partial charge in [-0.3, -0.25) is 29.9 Å². The Morgan fingerprint density at radius 3 is 2.21 bits per heavy atom. The molecule has 6 atom stereocenters. The summed E-state index contributed by atoms with van der Waals surface area (Å²) in [6, 6.07) is 14.4. The predicted octanol–water partition coefficient (Wildman–Crippen LogP) is 5.00. The first kappa shape index (κ1) is 31.8. The fraction of sp³-hybridized carbons (Fsp3) is 0.314. The molecular formula is C35H31Cl2N3O8. The van der Waals surface area contributed by atoms with Crippen molar-refractivity contribution in [2.24, 2.45) is 23.7 Å². The fourth-order valence-electron chi connectivity index (χ4n) is 8.28. The molecule has 2 aliphatic heterocycles. The van der Waals surface area contributed by atoms with E-state index in [0.717, 1.165) is 5.01 Å². The number of hydrogen-bond acceptors (Lipinski definition) is 9. The molecule has 1 saturated carbocycles. The van der Waals surface area contributed by atoms with Gasteiger partial charge in [0.25, 0.3) is 11.8 Å². The lowest BCUT2D eigenvalue weighted by atomic mass is 9.49. The summed E-state index contributed by atoms with van der Waals surface area (Å²) < 4.78 is 17.1. The zero-order valence-corrected chi connectivity index (χ0v) is 27.6. The predicted molar refractivity (Wildman–Crippen MR) is 175 cm³/mol. The van der Waals surface area contributed by atoms with Gasteiger partial charge in [0.2, 0.25) is 11.8 Å². The molecule has 4 aliphatic rings. The summed E-state index contributed by atoms with van der Waals surface area (Å²) in [6.07, 6.45) is 2.25. The van der Waals surface area contributed by atoms with Gasteiger partial charge in [-0.15, -0.1) is 0 Å². The molecule has 0 spiro atoms. The molecule has 11 nitrogen and oxygen atoms in total. The normalized spacial score (nSPS) is 27.5. The van der Waals surface area contributed by atoms with E-state index in [2.05, 4.69) is 10.7 Å². The van der Waals surface area contributed by atoms with Crippen molar-refractivity contribution < 1.29 is 38.5 Å². The zero-order valence-electron chi connectivity index (χ0n) is 26.1. The number of phenols is 1. The number of carbonyl (C=O) groups excluding carboxylic acids is 4. The number of nitrogens with one attached hydrogen (secondary N) is 2. The summed E-state index contributed by atoms with van der Waals surface area (Å²) in [6.45, 7) is 0. The Morgan fingerprint density at radius 2 is 1.58 bits per heavy atom. The average Bonchev–Trinajstić information content (AvgIpc) is 3.49. The first-order valence-corrected chi connectivity index (χ1v) is 16.0. The van der Waals surface area contributed by atoms with Gasteiger partial charge in [-0.05, 0) is 54.7 Å². The van der Waals surface area contributed by atoms with E-state index in [-0.39, 0.29) is 46.7 Å². The van der Waals surface area contributed by atoms with Gasteiger partial charge in [0, 0.05) is 28.6 Å². The molecule has 4 amide bonds. The van der Waals surface area contributed by atoms with E-state index >= 15 is 4.79 Å². The molecule has 2 heterocycles. The average molecular weight is 693 g/mol. The maximum absolute atomic E-state index is 15.3. The molecule has 7 rings (SSSR count). The minimum atomic E-state index is -1.62. The Balaban J connectivity index is 1.53. The Kier molecular flexibility index (Phi) is 7.79. The lowest BCUT2D eigenvalue weighted by Gasteiger charge is -2.51. The number of halogens is 2. The van der Waals surface area contributed by atoms with E-state index in [9.17, 15) is 19.5 Å². The van der Waals surface area contributed by atoms with Crippen LogP contribution in [0.2, 0.25) is 10.0 Å². The van der Waals surface area contributed by atoms with Gasteiger partial charge in [0.15, 0.2) is 0 Å². The van der Waals surface area contributed by atoms with Crippen molar-refractivity contribution in [3.63, 3.8) is 0 Å². The third-order valence-corrected chi connectivity index (χ3v) is 10.8. The Bertz CT molecular complexity index is 1890. The van der Waals surface area contributed by atoms with Gasteiger partial charge < -0.3 is 19.3 Å². The van der Waals surface area contributed by atoms with Crippen LogP contribution in [0.15, 0.2) is 66.2 Å². The highest BCUT2D eigenvalue weighted by molar-refractivity contribution is 6.36. The number of phenolic OH excluding ortho intramolecular Hbond substituents is 1. The highest BCUT2D eigenvalue weighted by Crippen LogP contribution is 2.66. The summed E-state index contributed by atoms with van der Waals surface area (Å²) in [5, 5.41) is 14.6. The number of imide groups is 2. The third-order valence-electron chi connectivity index (χ3n) is 10.2. The molecule has 2 aliphatic carbocycles. The standard InChI is InChI=1S/C35H31Cl2N3O8/c1-46-19-7-4-16(5-8-19)35-23(33(44)40(34(35)45)39-25-11-6-17(36)12-24(25)37)15-22-20(9-10-21-28(22)32(43)38-31(21)42)30(35)29-26(47-2)13-18(41)14-27(29)48-3/h4-9,11-14,21-23,28,30,39,41H,10,15H2,1-3H3,(H,38,42,43). The van der Waals surface area contributed by atoms with Crippen LogP contribution in [0.4, 0.5) is 5.69 Å². The van der Waals surface area contributed by atoms with E-state index in [4.69, 9.17) is 37.4 Å². The molecule has 0 radical (unpaired) electrons. The van der Waals surface area contributed by atoms with Crippen LogP contribution in [0, 0.1) is 23.7 Å². The van der Waals surface area contributed by atoms with Gasteiger partial charge in [-0.2, -0.15) is 5.01 Å². The number of methoxy groups -OCH3 is 3. The second-order valence-electron chi connectivity index (χ2n) is 12.3.